The maximum absolute atomic E-state index is 12.0. The summed E-state index contributed by atoms with van der Waals surface area (Å²) in [6.45, 7) is 0.820. The molecule has 1 amide bonds. The lowest BCUT2D eigenvalue weighted by molar-refractivity contribution is -0.123. The summed E-state index contributed by atoms with van der Waals surface area (Å²) in [6.07, 6.45) is 11.9. The Balaban J connectivity index is 1.65. The molecule has 3 heteroatoms. The van der Waals surface area contributed by atoms with E-state index in [0.717, 1.165) is 13.0 Å². The number of amides is 1. The van der Waals surface area contributed by atoms with E-state index >= 15 is 0 Å². The first kappa shape index (κ1) is 13.9. The Bertz CT molecular complexity index is 253. The van der Waals surface area contributed by atoms with Crippen LogP contribution in [0.5, 0.6) is 0 Å². The third kappa shape index (κ3) is 4.27. The molecule has 0 aromatic heterocycles. The maximum Gasteiger partial charge on any atom is 0.220 e. The van der Waals surface area contributed by atoms with Gasteiger partial charge in [0.1, 0.15) is 0 Å². The molecular weight excluding hydrogens is 224 g/mol. The van der Waals surface area contributed by atoms with Gasteiger partial charge in [-0.3, -0.25) is 4.79 Å². The summed E-state index contributed by atoms with van der Waals surface area (Å²) >= 11 is 0. The highest BCUT2D eigenvalue weighted by molar-refractivity contribution is 5.76. The Morgan fingerprint density at radius 1 is 0.944 bits per heavy atom. The number of hydrogen-bond donors (Lipinski definition) is 2. The van der Waals surface area contributed by atoms with Crippen molar-refractivity contribution in [2.45, 2.75) is 70.3 Å². The minimum Gasteiger partial charge on any atom is -0.353 e. The molecule has 0 spiro atoms. The fraction of sp³-hybridized carbons (Fsp3) is 0.933. The van der Waals surface area contributed by atoms with E-state index in [1.54, 1.807) is 0 Å². The van der Waals surface area contributed by atoms with E-state index in [9.17, 15) is 4.79 Å². The number of nitrogens with one attached hydrogen (secondary N) is 1. The van der Waals surface area contributed by atoms with Crippen molar-refractivity contribution < 1.29 is 4.79 Å². The highest BCUT2D eigenvalue weighted by Crippen LogP contribution is 2.30. The molecule has 2 aliphatic carbocycles. The zero-order valence-electron chi connectivity index (χ0n) is 11.5. The molecule has 0 heterocycles. The monoisotopic (exact) mass is 252 g/mol. The molecule has 0 atom stereocenters. The van der Waals surface area contributed by atoms with Crippen LogP contribution < -0.4 is 11.1 Å². The van der Waals surface area contributed by atoms with Crippen LogP contribution in [0.1, 0.15) is 64.2 Å². The van der Waals surface area contributed by atoms with Crippen LogP contribution in [0.15, 0.2) is 0 Å². The van der Waals surface area contributed by atoms with Crippen LogP contribution in [0.2, 0.25) is 0 Å². The van der Waals surface area contributed by atoms with Crippen LogP contribution in [0.3, 0.4) is 0 Å². The van der Waals surface area contributed by atoms with Crippen molar-refractivity contribution in [2.24, 2.45) is 17.6 Å². The van der Waals surface area contributed by atoms with Gasteiger partial charge in [-0.25, -0.2) is 0 Å². The summed E-state index contributed by atoms with van der Waals surface area (Å²) in [6, 6.07) is 0.464. The molecule has 0 aliphatic heterocycles. The van der Waals surface area contributed by atoms with Crippen molar-refractivity contribution >= 4 is 5.91 Å². The van der Waals surface area contributed by atoms with Gasteiger partial charge in [0.25, 0.3) is 0 Å². The van der Waals surface area contributed by atoms with Crippen molar-refractivity contribution in [3.05, 3.63) is 0 Å². The van der Waals surface area contributed by atoms with E-state index in [2.05, 4.69) is 5.32 Å². The standard InChI is InChI=1S/C15H28N2O/c16-11-13-8-6-12(7-9-13)10-15(18)17-14-4-2-1-3-5-14/h12-14H,1-11,16H2,(H,17,18). The van der Waals surface area contributed by atoms with Gasteiger partial charge in [0.2, 0.25) is 5.91 Å². The molecule has 0 aromatic carbocycles. The van der Waals surface area contributed by atoms with E-state index in [1.165, 1.54) is 57.8 Å². The molecule has 0 saturated heterocycles. The summed E-state index contributed by atoms with van der Waals surface area (Å²) in [7, 11) is 0. The number of nitrogens with two attached hydrogens (primary N) is 1. The van der Waals surface area contributed by atoms with E-state index in [0.29, 0.717) is 17.9 Å². The molecule has 104 valence electrons. The third-order valence-electron chi connectivity index (χ3n) is 4.74. The molecule has 2 rings (SSSR count). The highest BCUT2D eigenvalue weighted by Gasteiger charge is 2.23. The molecular formula is C15H28N2O. The summed E-state index contributed by atoms with van der Waals surface area (Å²) < 4.78 is 0. The molecule has 2 saturated carbocycles. The smallest absolute Gasteiger partial charge is 0.220 e. The molecule has 2 fully saturated rings. The minimum atomic E-state index is 0.290. The number of hydrogen-bond acceptors (Lipinski definition) is 2. The van der Waals surface area contributed by atoms with Crippen LogP contribution in [-0.2, 0) is 4.79 Å². The minimum absolute atomic E-state index is 0.290. The quantitative estimate of drug-likeness (QED) is 0.808. The summed E-state index contributed by atoms with van der Waals surface area (Å²) in [4.78, 5) is 12.0. The molecule has 3 N–H and O–H groups in total. The van der Waals surface area contributed by atoms with Gasteiger partial charge < -0.3 is 11.1 Å². The molecule has 18 heavy (non-hydrogen) atoms. The fourth-order valence-corrected chi connectivity index (χ4v) is 3.47. The van der Waals surface area contributed by atoms with Crippen molar-refractivity contribution in [1.29, 1.82) is 0 Å². The van der Waals surface area contributed by atoms with E-state index < -0.39 is 0 Å². The molecule has 0 unspecified atom stereocenters. The van der Waals surface area contributed by atoms with Gasteiger partial charge in [-0.15, -0.1) is 0 Å². The summed E-state index contributed by atoms with van der Waals surface area (Å²) in [5.74, 6) is 1.61. The average Bonchev–Trinajstić information content (AvgIpc) is 2.40. The van der Waals surface area contributed by atoms with Gasteiger partial charge in [0.05, 0.1) is 0 Å². The van der Waals surface area contributed by atoms with Crippen LogP contribution in [0.4, 0.5) is 0 Å². The Kier molecular flexibility index (Phi) is 5.48. The number of rotatable bonds is 4. The summed E-state index contributed by atoms with van der Waals surface area (Å²) in [5.41, 5.74) is 5.69. The van der Waals surface area contributed by atoms with Gasteiger partial charge in [-0.2, -0.15) is 0 Å². The second kappa shape index (κ2) is 7.13. The number of carbonyl (C=O) groups is 1. The second-order valence-electron chi connectivity index (χ2n) is 6.23. The normalized spacial score (nSPS) is 30.1. The van der Waals surface area contributed by atoms with Gasteiger partial charge >= 0.3 is 0 Å². The van der Waals surface area contributed by atoms with Gasteiger partial charge in [-0.05, 0) is 56.9 Å². The van der Waals surface area contributed by atoms with Crippen molar-refractivity contribution in [3.63, 3.8) is 0 Å². The van der Waals surface area contributed by atoms with Crippen molar-refractivity contribution in [3.8, 4) is 0 Å². The first-order valence-corrected chi connectivity index (χ1v) is 7.77. The predicted octanol–water partition coefficient (Wildman–Crippen LogP) is 2.59. The van der Waals surface area contributed by atoms with E-state index in [1.807, 2.05) is 0 Å². The molecule has 2 aliphatic rings. The lowest BCUT2D eigenvalue weighted by atomic mass is 9.80. The van der Waals surface area contributed by atoms with Gasteiger partial charge in [0.15, 0.2) is 0 Å². The van der Waals surface area contributed by atoms with Crippen LogP contribution in [0.25, 0.3) is 0 Å². The van der Waals surface area contributed by atoms with Gasteiger partial charge in [0, 0.05) is 12.5 Å². The van der Waals surface area contributed by atoms with Gasteiger partial charge in [-0.1, -0.05) is 19.3 Å². The largest absolute Gasteiger partial charge is 0.353 e. The van der Waals surface area contributed by atoms with Crippen LogP contribution >= 0.6 is 0 Å². The molecule has 0 aromatic rings. The van der Waals surface area contributed by atoms with E-state index in [4.69, 9.17) is 5.73 Å². The topological polar surface area (TPSA) is 55.1 Å². The Morgan fingerprint density at radius 2 is 1.56 bits per heavy atom. The lowest BCUT2D eigenvalue weighted by Crippen LogP contribution is -2.37. The predicted molar refractivity (Wildman–Crippen MR) is 74.1 cm³/mol. The zero-order chi connectivity index (χ0) is 12.8. The molecule has 0 bridgehead atoms. The van der Waals surface area contributed by atoms with Crippen molar-refractivity contribution in [1.82, 2.24) is 5.32 Å². The first-order valence-electron chi connectivity index (χ1n) is 7.77. The second-order valence-corrected chi connectivity index (χ2v) is 6.23. The Morgan fingerprint density at radius 3 is 2.17 bits per heavy atom. The first-order chi connectivity index (χ1) is 8.78. The van der Waals surface area contributed by atoms with E-state index in [-0.39, 0.29) is 5.91 Å². The average molecular weight is 252 g/mol. The Hall–Kier alpha value is -0.570. The maximum atomic E-state index is 12.0. The third-order valence-corrected chi connectivity index (χ3v) is 4.74. The van der Waals surface area contributed by atoms with Crippen molar-refractivity contribution in [2.75, 3.05) is 6.54 Å². The zero-order valence-corrected chi connectivity index (χ0v) is 11.5. The molecule has 3 nitrogen and oxygen atoms in total. The highest BCUT2D eigenvalue weighted by atomic mass is 16.1. The molecule has 0 radical (unpaired) electrons. The van der Waals surface area contributed by atoms with Crippen LogP contribution in [-0.4, -0.2) is 18.5 Å². The van der Waals surface area contributed by atoms with Crippen LogP contribution in [0, 0.1) is 11.8 Å². The SMILES string of the molecule is NCC1CCC(CC(=O)NC2CCCCC2)CC1. The lowest BCUT2D eigenvalue weighted by Gasteiger charge is -2.28. The number of carbonyl (C=O) groups excluding carboxylic acids is 1. The summed E-state index contributed by atoms with van der Waals surface area (Å²) in [5, 5.41) is 3.23. The Labute approximate surface area is 111 Å². The fourth-order valence-electron chi connectivity index (χ4n) is 3.47.